The van der Waals surface area contributed by atoms with Crippen LogP contribution in [0, 0.1) is 0 Å². The summed E-state index contributed by atoms with van der Waals surface area (Å²) < 4.78 is 45.8. The molecule has 1 aliphatic rings. The molecule has 180 valence electrons. The molecule has 0 aliphatic carbocycles. The zero-order valence-corrected chi connectivity index (χ0v) is 18.9. The summed E-state index contributed by atoms with van der Waals surface area (Å²) in [6.45, 7) is 1.41. The number of nitrogens with zero attached hydrogens (tertiary/aromatic N) is 3. The third kappa shape index (κ3) is 5.59. The van der Waals surface area contributed by atoms with Crippen LogP contribution in [0.4, 0.5) is 13.2 Å². The number of hydrogen-bond donors (Lipinski definition) is 1. The predicted molar refractivity (Wildman–Crippen MR) is 121 cm³/mol. The molecule has 0 saturated carbocycles. The van der Waals surface area contributed by atoms with Gasteiger partial charge in [0.2, 0.25) is 5.91 Å². The predicted octanol–water partition coefficient (Wildman–Crippen LogP) is 4.57. The number of alkyl halides is 3. The zero-order chi connectivity index (χ0) is 24.1. The van der Waals surface area contributed by atoms with Crippen LogP contribution in [-0.4, -0.2) is 40.3 Å². The molecule has 2 aromatic carbocycles. The van der Waals surface area contributed by atoms with E-state index in [1.165, 1.54) is 6.07 Å². The summed E-state index contributed by atoms with van der Waals surface area (Å²) in [4.78, 5) is 14.4. The maximum atomic E-state index is 12.9. The normalized spacial score (nSPS) is 16.3. The molecule has 6 nitrogen and oxygen atoms in total. The second-order valence-electron chi connectivity index (χ2n) is 8.34. The van der Waals surface area contributed by atoms with Crippen molar-refractivity contribution in [3.05, 3.63) is 77.6 Å². The smallest absolute Gasteiger partial charge is 0.416 e. The van der Waals surface area contributed by atoms with Crippen molar-refractivity contribution in [2.75, 3.05) is 13.7 Å². The third-order valence-corrected chi connectivity index (χ3v) is 6.01. The van der Waals surface area contributed by atoms with E-state index in [-0.39, 0.29) is 11.9 Å². The summed E-state index contributed by atoms with van der Waals surface area (Å²) in [7, 11) is 1.61. The van der Waals surface area contributed by atoms with Crippen LogP contribution in [0.1, 0.15) is 36.0 Å². The van der Waals surface area contributed by atoms with Crippen LogP contribution in [0.2, 0.25) is 0 Å². The Morgan fingerprint density at radius 3 is 2.76 bits per heavy atom. The van der Waals surface area contributed by atoms with Gasteiger partial charge >= 0.3 is 6.18 Å². The number of carbonyl (C=O) groups excluding carboxylic acids is 1. The van der Waals surface area contributed by atoms with Crippen molar-refractivity contribution in [2.24, 2.45) is 0 Å². The summed E-state index contributed by atoms with van der Waals surface area (Å²) in [6.07, 6.45) is 1.29. The van der Waals surface area contributed by atoms with Gasteiger partial charge in [-0.1, -0.05) is 30.3 Å². The SMILES string of the molecule is COc1ccccc1-n1cc(CN2C(=O)CC[C@H]2CCNCc2cccc(C(F)(F)F)c2)cn1. The summed E-state index contributed by atoms with van der Waals surface area (Å²) >= 11 is 0. The number of halogens is 3. The molecule has 0 radical (unpaired) electrons. The van der Waals surface area contributed by atoms with Crippen molar-refractivity contribution in [1.29, 1.82) is 0 Å². The molecule has 34 heavy (non-hydrogen) atoms. The Balaban J connectivity index is 1.32. The highest BCUT2D eigenvalue weighted by Crippen LogP contribution is 2.29. The Morgan fingerprint density at radius 2 is 1.97 bits per heavy atom. The molecule has 3 aromatic rings. The fraction of sp³-hybridized carbons (Fsp3) is 0.360. The lowest BCUT2D eigenvalue weighted by Crippen LogP contribution is -2.34. The quantitative estimate of drug-likeness (QED) is 0.464. The maximum Gasteiger partial charge on any atom is 0.416 e. The van der Waals surface area contributed by atoms with E-state index in [1.54, 1.807) is 24.1 Å². The standard InChI is InChI=1S/C25H27F3N4O2/c1-34-23-8-3-2-7-22(23)32-17-19(15-30-32)16-31-21(9-10-24(31)33)11-12-29-14-18-5-4-6-20(13-18)25(26,27)28/h2-8,13,15,17,21,29H,9-12,14,16H2,1H3/t21-/m0/s1. The minimum absolute atomic E-state index is 0.0797. The van der Waals surface area contributed by atoms with Gasteiger partial charge in [0.05, 0.1) is 18.9 Å². The lowest BCUT2D eigenvalue weighted by Gasteiger charge is -2.24. The maximum absolute atomic E-state index is 12.9. The molecular weight excluding hydrogens is 445 g/mol. The monoisotopic (exact) mass is 472 g/mol. The largest absolute Gasteiger partial charge is 0.494 e. The van der Waals surface area contributed by atoms with Crippen LogP contribution in [-0.2, 0) is 24.1 Å². The highest BCUT2D eigenvalue weighted by molar-refractivity contribution is 5.78. The average molecular weight is 473 g/mol. The lowest BCUT2D eigenvalue weighted by molar-refractivity contribution is -0.137. The van der Waals surface area contributed by atoms with Crippen molar-refractivity contribution >= 4 is 5.91 Å². The van der Waals surface area contributed by atoms with Crippen LogP contribution in [0.5, 0.6) is 5.75 Å². The molecule has 1 fully saturated rings. The summed E-state index contributed by atoms with van der Waals surface area (Å²) in [5.74, 6) is 0.812. The molecule has 0 bridgehead atoms. The Labute approximate surface area is 196 Å². The van der Waals surface area contributed by atoms with Gasteiger partial charge in [-0.2, -0.15) is 18.3 Å². The van der Waals surface area contributed by atoms with E-state index in [0.717, 1.165) is 36.2 Å². The molecule has 1 aromatic heterocycles. The average Bonchev–Trinajstić information content (AvgIpc) is 3.43. The molecule has 1 aliphatic heterocycles. The van der Waals surface area contributed by atoms with E-state index in [1.807, 2.05) is 35.4 Å². The van der Waals surface area contributed by atoms with Crippen molar-refractivity contribution in [2.45, 2.75) is 44.6 Å². The highest BCUT2D eigenvalue weighted by atomic mass is 19.4. The lowest BCUT2D eigenvalue weighted by atomic mass is 10.1. The minimum atomic E-state index is -4.35. The number of amides is 1. The number of hydrogen-bond acceptors (Lipinski definition) is 4. The van der Waals surface area contributed by atoms with Gasteiger partial charge < -0.3 is 15.0 Å². The molecule has 1 saturated heterocycles. The molecule has 2 heterocycles. The Kier molecular flexibility index (Phi) is 7.21. The molecule has 1 N–H and O–H groups in total. The zero-order valence-electron chi connectivity index (χ0n) is 18.9. The molecule has 0 unspecified atom stereocenters. The van der Waals surface area contributed by atoms with Gasteiger partial charge in [0.25, 0.3) is 0 Å². The van der Waals surface area contributed by atoms with Crippen molar-refractivity contribution < 1.29 is 22.7 Å². The topological polar surface area (TPSA) is 59.4 Å². The Morgan fingerprint density at radius 1 is 1.15 bits per heavy atom. The van der Waals surface area contributed by atoms with E-state index in [0.29, 0.717) is 37.4 Å². The van der Waals surface area contributed by atoms with Gasteiger partial charge in [0, 0.05) is 37.3 Å². The molecule has 4 rings (SSSR count). The first kappa shape index (κ1) is 23.8. The first-order valence-corrected chi connectivity index (χ1v) is 11.2. The number of aromatic nitrogens is 2. The summed E-state index contributed by atoms with van der Waals surface area (Å²) in [5.41, 5.74) is 1.67. The van der Waals surface area contributed by atoms with Crippen LogP contribution in [0.3, 0.4) is 0 Å². The van der Waals surface area contributed by atoms with Crippen molar-refractivity contribution in [1.82, 2.24) is 20.0 Å². The highest BCUT2D eigenvalue weighted by Gasteiger charge is 2.31. The van der Waals surface area contributed by atoms with Crippen LogP contribution < -0.4 is 10.1 Å². The number of para-hydroxylation sites is 2. The number of nitrogens with one attached hydrogen (secondary N) is 1. The molecular formula is C25H27F3N4O2. The number of likely N-dealkylation sites (tertiary alicyclic amines) is 1. The second kappa shape index (κ2) is 10.3. The molecule has 0 spiro atoms. The molecule has 1 atom stereocenters. The Bertz CT molecular complexity index is 1130. The Hall–Kier alpha value is -3.33. The summed E-state index contributed by atoms with van der Waals surface area (Å²) in [5, 5.41) is 7.64. The van der Waals surface area contributed by atoms with Crippen molar-refractivity contribution in [3.8, 4) is 11.4 Å². The van der Waals surface area contributed by atoms with Crippen LogP contribution in [0.25, 0.3) is 5.69 Å². The fourth-order valence-corrected chi connectivity index (χ4v) is 4.26. The van der Waals surface area contributed by atoms with Gasteiger partial charge in [-0.25, -0.2) is 4.68 Å². The van der Waals surface area contributed by atoms with E-state index >= 15 is 0 Å². The van der Waals surface area contributed by atoms with Crippen LogP contribution >= 0.6 is 0 Å². The van der Waals surface area contributed by atoms with Gasteiger partial charge in [-0.3, -0.25) is 4.79 Å². The van der Waals surface area contributed by atoms with Gasteiger partial charge in [-0.05, 0) is 43.1 Å². The fourth-order valence-electron chi connectivity index (χ4n) is 4.26. The minimum Gasteiger partial charge on any atom is -0.494 e. The van der Waals surface area contributed by atoms with E-state index in [9.17, 15) is 18.0 Å². The first-order valence-electron chi connectivity index (χ1n) is 11.2. The third-order valence-electron chi connectivity index (χ3n) is 6.01. The van der Waals surface area contributed by atoms with Crippen molar-refractivity contribution in [3.63, 3.8) is 0 Å². The molecule has 1 amide bonds. The van der Waals surface area contributed by atoms with E-state index in [2.05, 4.69) is 10.4 Å². The van der Waals surface area contributed by atoms with Gasteiger partial charge in [0.1, 0.15) is 11.4 Å². The van der Waals surface area contributed by atoms with Crippen LogP contribution in [0.15, 0.2) is 60.9 Å². The number of ether oxygens (including phenoxy) is 1. The van der Waals surface area contributed by atoms with E-state index in [4.69, 9.17) is 4.74 Å². The molecule has 9 heteroatoms. The van der Waals surface area contributed by atoms with E-state index < -0.39 is 11.7 Å². The number of carbonyl (C=O) groups is 1. The first-order chi connectivity index (χ1) is 16.3. The number of rotatable bonds is 9. The number of methoxy groups -OCH3 is 1. The van der Waals surface area contributed by atoms with Gasteiger partial charge in [-0.15, -0.1) is 0 Å². The number of benzene rings is 2. The summed E-state index contributed by atoms with van der Waals surface area (Å²) in [6, 6.07) is 13.0. The van der Waals surface area contributed by atoms with Gasteiger partial charge in [0.15, 0.2) is 0 Å². The second-order valence-corrected chi connectivity index (χ2v) is 8.34.